The number of nitrogens with two attached hydrogens (primary N) is 1. The maximum atomic E-state index is 7.45. The van der Waals surface area contributed by atoms with Gasteiger partial charge in [-0.3, -0.25) is 5.41 Å². The first kappa shape index (κ1) is 11.9. The van der Waals surface area contributed by atoms with Crippen LogP contribution in [0.4, 0.5) is 5.82 Å². The summed E-state index contributed by atoms with van der Waals surface area (Å²) in [7, 11) is 0. The minimum atomic E-state index is -0.0827. The summed E-state index contributed by atoms with van der Waals surface area (Å²) in [5.74, 6) is 0.922. The molecule has 17 heavy (non-hydrogen) atoms. The summed E-state index contributed by atoms with van der Waals surface area (Å²) in [5.41, 5.74) is 6.12. The summed E-state index contributed by atoms with van der Waals surface area (Å²) in [5, 5.41) is 7.45. The van der Waals surface area contributed by atoms with Gasteiger partial charge in [0.05, 0.1) is 18.8 Å². The highest BCUT2D eigenvalue weighted by molar-refractivity contribution is 5.95. The molecular weight excluding hydrogens is 216 g/mol. The van der Waals surface area contributed by atoms with Gasteiger partial charge in [-0.2, -0.15) is 0 Å². The van der Waals surface area contributed by atoms with Crippen LogP contribution in [0.15, 0.2) is 18.3 Å². The van der Waals surface area contributed by atoms with E-state index in [4.69, 9.17) is 15.9 Å². The van der Waals surface area contributed by atoms with Crippen LogP contribution in [-0.2, 0) is 4.74 Å². The van der Waals surface area contributed by atoms with Crippen LogP contribution in [0.2, 0.25) is 0 Å². The lowest BCUT2D eigenvalue weighted by molar-refractivity contribution is 0.0639. The lowest BCUT2D eigenvalue weighted by atomic mass is 10.0. The van der Waals surface area contributed by atoms with Gasteiger partial charge in [0.15, 0.2) is 0 Å². The van der Waals surface area contributed by atoms with Crippen LogP contribution >= 0.6 is 0 Å². The van der Waals surface area contributed by atoms with Crippen LogP contribution in [-0.4, -0.2) is 36.1 Å². The second-order valence-electron chi connectivity index (χ2n) is 4.83. The maximum Gasteiger partial charge on any atom is 0.129 e. The molecule has 92 valence electrons. The molecule has 1 aliphatic heterocycles. The molecular formula is C12H18N4O. The van der Waals surface area contributed by atoms with Crippen LogP contribution in [0, 0.1) is 5.41 Å². The molecule has 5 heteroatoms. The number of hydrogen-bond donors (Lipinski definition) is 2. The summed E-state index contributed by atoms with van der Waals surface area (Å²) in [6.45, 7) is 6.43. The molecule has 5 nitrogen and oxygen atoms in total. The van der Waals surface area contributed by atoms with Gasteiger partial charge in [-0.1, -0.05) is 0 Å². The van der Waals surface area contributed by atoms with Gasteiger partial charge in [0.25, 0.3) is 0 Å². The Morgan fingerprint density at radius 3 is 3.00 bits per heavy atom. The van der Waals surface area contributed by atoms with E-state index in [1.54, 1.807) is 12.3 Å². The van der Waals surface area contributed by atoms with Gasteiger partial charge in [-0.05, 0) is 26.0 Å². The third-order valence-electron chi connectivity index (χ3n) is 2.98. The number of anilines is 1. The van der Waals surface area contributed by atoms with Crippen molar-refractivity contribution in [2.24, 2.45) is 5.73 Å². The second-order valence-corrected chi connectivity index (χ2v) is 4.83. The SMILES string of the molecule is CC1(C)COCCN1c1cc(C(=N)N)ccn1. The molecule has 1 saturated heterocycles. The Kier molecular flexibility index (Phi) is 3.02. The molecule has 1 fully saturated rings. The molecule has 3 N–H and O–H groups in total. The number of amidine groups is 1. The van der Waals surface area contributed by atoms with E-state index in [1.807, 2.05) is 6.07 Å². The van der Waals surface area contributed by atoms with E-state index < -0.39 is 0 Å². The smallest absolute Gasteiger partial charge is 0.129 e. The number of nitrogens with one attached hydrogen (secondary N) is 1. The lowest BCUT2D eigenvalue weighted by Gasteiger charge is -2.43. The van der Waals surface area contributed by atoms with Crippen LogP contribution in [0.1, 0.15) is 19.4 Å². The monoisotopic (exact) mass is 234 g/mol. The molecule has 1 aromatic rings. The third kappa shape index (κ3) is 2.39. The first-order valence-electron chi connectivity index (χ1n) is 5.66. The maximum absolute atomic E-state index is 7.45. The minimum absolute atomic E-state index is 0.0692. The van der Waals surface area contributed by atoms with E-state index in [0.717, 1.165) is 12.4 Å². The Hall–Kier alpha value is -1.62. The van der Waals surface area contributed by atoms with Gasteiger partial charge in [0.1, 0.15) is 11.7 Å². The van der Waals surface area contributed by atoms with Gasteiger partial charge in [0.2, 0.25) is 0 Å². The second kappa shape index (κ2) is 4.33. The third-order valence-corrected chi connectivity index (χ3v) is 2.98. The number of nitrogens with zero attached hydrogens (tertiary/aromatic N) is 2. The zero-order valence-electron chi connectivity index (χ0n) is 10.2. The molecule has 0 aromatic carbocycles. The molecule has 0 amide bonds. The quantitative estimate of drug-likeness (QED) is 0.591. The average Bonchev–Trinajstić information content (AvgIpc) is 2.28. The molecule has 0 aliphatic carbocycles. The van der Waals surface area contributed by atoms with Crippen molar-refractivity contribution < 1.29 is 4.74 Å². The zero-order valence-corrected chi connectivity index (χ0v) is 10.2. The van der Waals surface area contributed by atoms with Crippen molar-refractivity contribution in [3.05, 3.63) is 23.9 Å². The number of rotatable bonds is 2. The fraction of sp³-hybridized carbons (Fsp3) is 0.500. The Morgan fingerprint density at radius 2 is 2.35 bits per heavy atom. The summed E-state index contributed by atoms with van der Waals surface area (Å²) in [6, 6.07) is 3.61. The fourth-order valence-corrected chi connectivity index (χ4v) is 2.02. The van der Waals surface area contributed by atoms with Crippen LogP contribution < -0.4 is 10.6 Å². The van der Waals surface area contributed by atoms with Gasteiger partial charge >= 0.3 is 0 Å². The van der Waals surface area contributed by atoms with Gasteiger partial charge in [-0.15, -0.1) is 0 Å². The Morgan fingerprint density at radius 1 is 1.59 bits per heavy atom. The van der Waals surface area contributed by atoms with Gasteiger partial charge < -0.3 is 15.4 Å². The van der Waals surface area contributed by atoms with E-state index >= 15 is 0 Å². The Bertz CT molecular complexity index is 430. The molecule has 0 unspecified atom stereocenters. The number of hydrogen-bond acceptors (Lipinski definition) is 4. The molecule has 1 aromatic heterocycles. The molecule has 0 atom stereocenters. The van der Waals surface area contributed by atoms with E-state index in [1.165, 1.54) is 0 Å². The number of nitrogen functional groups attached to an aromatic ring is 1. The normalized spacial score (nSPS) is 19.1. The average molecular weight is 234 g/mol. The number of morpholine rings is 1. The van der Waals surface area contributed by atoms with Crippen molar-refractivity contribution in [2.45, 2.75) is 19.4 Å². The van der Waals surface area contributed by atoms with Crippen molar-refractivity contribution in [1.82, 2.24) is 4.98 Å². The summed E-state index contributed by atoms with van der Waals surface area (Å²) >= 11 is 0. The minimum Gasteiger partial charge on any atom is -0.384 e. The van der Waals surface area contributed by atoms with Gasteiger partial charge in [-0.25, -0.2) is 4.98 Å². The highest BCUT2D eigenvalue weighted by Gasteiger charge is 2.31. The molecule has 2 rings (SSSR count). The van der Waals surface area contributed by atoms with E-state index in [-0.39, 0.29) is 11.4 Å². The van der Waals surface area contributed by atoms with Crippen molar-refractivity contribution in [1.29, 1.82) is 5.41 Å². The highest BCUT2D eigenvalue weighted by Crippen LogP contribution is 2.25. The van der Waals surface area contributed by atoms with Crippen LogP contribution in [0.5, 0.6) is 0 Å². The van der Waals surface area contributed by atoms with E-state index in [9.17, 15) is 0 Å². The predicted octanol–water partition coefficient (Wildman–Crippen LogP) is 0.981. The number of aromatic nitrogens is 1. The molecule has 0 spiro atoms. The van der Waals surface area contributed by atoms with Crippen molar-refractivity contribution >= 4 is 11.7 Å². The Balaban J connectivity index is 2.32. The van der Waals surface area contributed by atoms with Gasteiger partial charge in [0, 0.05) is 18.3 Å². The predicted molar refractivity (Wildman–Crippen MR) is 67.5 cm³/mol. The Labute approximate surface area is 101 Å². The molecule has 0 bridgehead atoms. The summed E-state index contributed by atoms with van der Waals surface area (Å²) in [4.78, 5) is 6.56. The molecule has 0 radical (unpaired) electrons. The largest absolute Gasteiger partial charge is 0.384 e. The first-order valence-corrected chi connectivity index (χ1v) is 5.66. The van der Waals surface area contributed by atoms with Crippen molar-refractivity contribution in [3.8, 4) is 0 Å². The molecule has 0 saturated carbocycles. The van der Waals surface area contributed by atoms with Crippen LogP contribution in [0.25, 0.3) is 0 Å². The van der Waals surface area contributed by atoms with Crippen molar-refractivity contribution in [3.63, 3.8) is 0 Å². The molecule has 1 aliphatic rings. The van der Waals surface area contributed by atoms with E-state index in [0.29, 0.717) is 18.8 Å². The van der Waals surface area contributed by atoms with E-state index in [2.05, 4.69) is 23.7 Å². The van der Waals surface area contributed by atoms with Crippen molar-refractivity contribution in [2.75, 3.05) is 24.7 Å². The lowest BCUT2D eigenvalue weighted by Crippen LogP contribution is -2.53. The standard InChI is InChI=1S/C12H18N4O/c1-12(2)8-17-6-5-16(12)10-7-9(11(13)14)3-4-15-10/h3-4,7H,5-6,8H2,1-2H3,(H3,13,14). The zero-order chi connectivity index (χ0) is 12.5. The first-order chi connectivity index (χ1) is 8.00. The summed E-state index contributed by atoms with van der Waals surface area (Å²) in [6.07, 6.45) is 1.69. The topological polar surface area (TPSA) is 75.2 Å². The fourth-order valence-electron chi connectivity index (χ4n) is 2.02. The highest BCUT2D eigenvalue weighted by atomic mass is 16.5. The van der Waals surface area contributed by atoms with Crippen LogP contribution in [0.3, 0.4) is 0 Å². The summed E-state index contributed by atoms with van der Waals surface area (Å²) < 4.78 is 5.48. The number of pyridine rings is 1. The molecule has 2 heterocycles. The number of ether oxygens (including phenoxy) is 1.